The van der Waals surface area contributed by atoms with Gasteiger partial charge in [0.15, 0.2) is 5.78 Å². The summed E-state index contributed by atoms with van der Waals surface area (Å²) in [5.41, 5.74) is -0.102. The molecule has 1 aromatic heterocycles. The van der Waals surface area contributed by atoms with Gasteiger partial charge in [0.05, 0.1) is 17.3 Å². The van der Waals surface area contributed by atoms with E-state index in [-0.39, 0.29) is 0 Å². The number of fused-ring (bicyclic) bond motifs is 3. The average Bonchev–Trinajstić information content (AvgIpc) is 2.98. The van der Waals surface area contributed by atoms with Crippen LogP contribution in [0.3, 0.4) is 0 Å². The predicted molar refractivity (Wildman–Crippen MR) is 113 cm³/mol. The first kappa shape index (κ1) is 20.5. The predicted octanol–water partition coefficient (Wildman–Crippen LogP) is 1.81. The van der Waals surface area contributed by atoms with Gasteiger partial charge in [0.1, 0.15) is 17.6 Å². The molecule has 8 heteroatoms. The van der Waals surface area contributed by atoms with Crippen molar-refractivity contribution in [3.8, 4) is 11.4 Å². The van der Waals surface area contributed by atoms with Gasteiger partial charge in [0, 0.05) is 5.92 Å². The first-order valence-corrected chi connectivity index (χ1v) is 9.88. The van der Waals surface area contributed by atoms with Crippen LogP contribution in [-0.4, -0.2) is 31.3 Å². The smallest absolute Gasteiger partial charge is 0.299 e. The van der Waals surface area contributed by atoms with Crippen LogP contribution in [0.5, 0.6) is 0 Å². The molecule has 0 saturated heterocycles. The number of carbonyl (C=O) groups is 3. The van der Waals surface area contributed by atoms with Crippen molar-refractivity contribution in [2.24, 2.45) is 5.92 Å². The molecule has 158 valence electrons. The Morgan fingerprint density at radius 2 is 1.39 bits per heavy atom. The van der Waals surface area contributed by atoms with E-state index in [0.29, 0.717) is 16.9 Å². The lowest BCUT2D eigenvalue weighted by molar-refractivity contribution is -0.133. The number of nitrogens with zero attached hydrogens (tertiary/aromatic N) is 3. The maximum absolute atomic E-state index is 13.5. The maximum atomic E-state index is 13.5. The number of hydrogen-bond donors (Lipinski definition) is 0. The molecular formula is C23H21N3O5. The minimum atomic E-state index is -1.18. The van der Waals surface area contributed by atoms with Crippen LogP contribution in [0, 0.1) is 5.92 Å². The van der Waals surface area contributed by atoms with Crippen molar-refractivity contribution in [2.75, 3.05) is 0 Å². The molecule has 0 bridgehead atoms. The van der Waals surface area contributed by atoms with Crippen molar-refractivity contribution in [2.45, 2.75) is 32.7 Å². The van der Waals surface area contributed by atoms with Crippen LogP contribution in [-0.2, 0) is 14.4 Å². The van der Waals surface area contributed by atoms with Crippen molar-refractivity contribution in [3.05, 3.63) is 81.1 Å². The summed E-state index contributed by atoms with van der Waals surface area (Å²) in [7, 11) is 0. The van der Waals surface area contributed by atoms with E-state index >= 15 is 0 Å². The molecule has 0 amide bonds. The van der Waals surface area contributed by atoms with E-state index in [0.717, 1.165) is 9.25 Å². The first-order chi connectivity index (χ1) is 14.8. The number of para-hydroxylation sites is 2. The Hall–Kier alpha value is -3.81. The molecular weight excluding hydrogens is 398 g/mol. The number of aromatic nitrogens is 3. The summed E-state index contributed by atoms with van der Waals surface area (Å²) in [6, 6.07) is 14.0. The Bertz CT molecular complexity index is 1320. The molecule has 2 atom stereocenters. The number of benzene rings is 2. The van der Waals surface area contributed by atoms with Gasteiger partial charge in [-0.2, -0.15) is 4.68 Å². The van der Waals surface area contributed by atoms with Crippen molar-refractivity contribution >= 4 is 17.3 Å². The highest BCUT2D eigenvalue weighted by atomic mass is 16.2. The standard InChI is InChI=1S/C23H21N3O5/c1-13(27)19(14(2)28)20-17-11-7-8-12-18(17)25-22(30)24(16-9-5-4-6-10-16)23(31)26(25)21(20)15(3)29/h4-12,19-21H,1-3H3. The molecule has 1 aliphatic heterocycles. The number of hydrogen-bond acceptors (Lipinski definition) is 5. The van der Waals surface area contributed by atoms with Gasteiger partial charge in [0.2, 0.25) is 0 Å². The van der Waals surface area contributed by atoms with E-state index in [9.17, 15) is 24.0 Å². The monoisotopic (exact) mass is 419 g/mol. The molecule has 0 aliphatic carbocycles. The molecule has 31 heavy (non-hydrogen) atoms. The molecule has 2 unspecified atom stereocenters. The van der Waals surface area contributed by atoms with Crippen LogP contribution in [0.4, 0.5) is 0 Å². The van der Waals surface area contributed by atoms with Crippen molar-refractivity contribution in [1.29, 1.82) is 0 Å². The summed E-state index contributed by atoms with van der Waals surface area (Å²) in [5.74, 6) is -3.24. The summed E-state index contributed by atoms with van der Waals surface area (Å²) in [4.78, 5) is 64.6. The minimum absolute atomic E-state index is 0.359. The Labute approximate surface area is 177 Å². The Kier molecular flexibility index (Phi) is 4.93. The highest BCUT2D eigenvalue weighted by molar-refractivity contribution is 6.02. The summed E-state index contributed by atoms with van der Waals surface area (Å²) >= 11 is 0. The molecule has 0 fully saturated rings. The van der Waals surface area contributed by atoms with Gasteiger partial charge in [-0.15, -0.1) is 0 Å². The fourth-order valence-electron chi connectivity index (χ4n) is 4.58. The minimum Gasteiger partial charge on any atom is -0.299 e. The van der Waals surface area contributed by atoms with Gasteiger partial charge in [-0.05, 0) is 44.5 Å². The highest BCUT2D eigenvalue weighted by Gasteiger charge is 2.46. The molecule has 0 N–H and O–H groups in total. The van der Waals surface area contributed by atoms with E-state index in [4.69, 9.17) is 0 Å². The van der Waals surface area contributed by atoms with Gasteiger partial charge in [0.25, 0.3) is 0 Å². The normalized spacial score (nSPS) is 17.2. The second-order valence-corrected chi connectivity index (χ2v) is 7.73. The van der Waals surface area contributed by atoms with E-state index in [1.165, 1.54) is 25.5 Å². The van der Waals surface area contributed by atoms with Gasteiger partial charge >= 0.3 is 11.4 Å². The largest absolute Gasteiger partial charge is 0.356 e. The van der Waals surface area contributed by atoms with E-state index in [1.54, 1.807) is 54.6 Å². The van der Waals surface area contributed by atoms with E-state index in [1.807, 2.05) is 0 Å². The fraction of sp³-hybridized carbons (Fsp3) is 0.261. The maximum Gasteiger partial charge on any atom is 0.356 e. The summed E-state index contributed by atoms with van der Waals surface area (Å²) in [6.07, 6.45) is 0. The molecule has 1 aliphatic rings. The second kappa shape index (κ2) is 7.46. The molecule has 0 radical (unpaired) electrons. The zero-order valence-corrected chi connectivity index (χ0v) is 17.3. The van der Waals surface area contributed by atoms with Gasteiger partial charge in [-0.3, -0.25) is 14.4 Å². The van der Waals surface area contributed by atoms with Crippen LogP contribution in [0.2, 0.25) is 0 Å². The lowest BCUT2D eigenvalue weighted by Gasteiger charge is -2.36. The molecule has 2 aromatic carbocycles. The fourth-order valence-corrected chi connectivity index (χ4v) is 4.58. The molecule has 0 saturated carbocycles. The lowest BCUT2D eigenvalue weighted by Crippen LogP contribution is -2.45. The quantitative estimate of drug-likeness (QED) is 0.587. The second-order valence-electron chi connectivity index (χ2n) is 7.73. The van der Waals surface area contributed by atoms with Crippen LogP contribution < -0.4 is 11.4 Å². The third-order valence-electron chi connectivity index (χ3n) is 5.77. The van der Waals surface area contributed by atoms with Crippen LogP contribution in [0.25, 0.3) is 11.4 Å². The lowest BCUT2D eigenvalue weighted by atomic mass is 9.74. The average molecular weight is 419 g/mol. The number of Topliss-reactive ketones (excluding diaryl/α,β-unsaturated/α-hetero) is 3. The number of carbonyl (C=O) groups excluding carboxylic acids is 3. The van der Waals surface area contributed by atoms with E-state index in [2.05, 4.69) is 0 Å². The van der Waals surface area contributed by atoms with Gasteiger partial charge in [-0.1, -0.05) is 36.4 Å². The zero-order valence-electron chi connectivity index (χ0n) is 17.3. The van der Waals surface area contributed by atoms with Crippen molar-refractivity contribution < 1.29 is 14.4 Å². The Morgan fingerprint density at radius 1 is 0.806 bits per heavy atom. The first-order valence-electron chi connectivity index (χ1n) is 9.88. The van der Waals surface area contributed by atoms with Crippen molar-refractivity contribution in [1.82, 2.24) is 13.9 Å². The molecule has 3 aromatic rings. The van der Waals surface area contributed by atoms with Crippen LogP contribution in [0.1, 0.15) is 38.3 Å². The topological polar surface area (TPSA) is 100 Å². The summed E-state index contributed by atoms with van der Waals surface area (Å²) in [5, 5.41) is 0. The van der Waals surface area contributed by atoms with Gasteiger partial charge < -0.3 is 0 Å². The molecule has 2 heterocycles. The SMILES string of the molecule is CC(=O)C(C(C)=O)C1c2ccccc2-n2c(=O)n(-c3ccccc3)c(=O)n2C1C(C)=O. The van der Waals surface area contributed by atoms with Crippen molar-refractivity contribution in [3.63, 3.8) is 0 Å². The number of rotatable bonds is 5. The Morgan fingerprint density at radius 3 is 1.97 bits per heavy atom. The third kappa shape index (κ3) is 3.02. The van der Waals surface area contributed by atoms with E-state index < -0.39 is 46.6 Å². The van der Waals surface area contributed by atoms with Gasteiger partial charge in [-0.25, -0.2) is 18.8 Å². The number of ketones is 3. The Balaban J connectivity index is 2.13. The summed E-state index contributed by atoms with van der Waals surface area (Å²) < 4.78 is 3.25. The third-order valence-corrected chi connectivity index (χ3v) is 5.77. The molecule has 0 spiro atoms. The zero-order chi connectivity index (χ0) is 22.4. The molecule has 8 nitrogen and oxygen atoms in total. The highest BCUT2D eigenvalue weighted by Crippen LogP contribution is 2.42. The molecule has 4 rings (SSSR count). The summed E-state index contributed by atoms with van der Waals surface area (Å²) in [6.45, 7) is 3.89. The van der Waals surface area contributed by atoms with Crippen LogP contribution >= 0.6 is 0 Å². The van der Waals surface area contributed by atoms with Crippen LogP contribution in [0.15, 0.2) is 64.2 Å².